The molecule has 2 aromatic carbocycles. The average molecular weight is 267 g/mol. The number of hydrogen-bond donors (Lipinski definition) is 2. The van der Waals surface area contributed by atoms with Crippen LogP contribution in [0.5, 0.6) is 0 Å². The van der Waals surface area contributed by atoms with Crippen LogP contribution in [-0.2, 0) is 4.79 Å². The van der Waals surface area contributed by atoms with Crippen LogP contribution in [0.2, 0.25) is 0 Å². The Morgan fingerprint density at radius 2 is 1.50 bits per heavy atom. The van der Waals surface area contributed by atoms with E-state index in [1.165, 1.54) is 0 Å². The minimum Gasteiger partial charge on any atom is -0.478 e. The van der Waals surface area contributed by atoms with Crippen LogP contribution >= 0.6 is 0 Å². The Balaban J connectivity index is 2.15. The van der Waals surface area contributed by atoms with Gasteiger partial charge in [0.2, 0.25) is 0 Å². The molecule has 0 atom stereocenters. The lowest BCUT2D eigenvalue weighted by Crippen LogP contribution is -2.22. The Hall–Kier alpha value is -2.39. The van der Waals surface area contributed by atoms with Crippen LogP contribution in [0.25, 0.3) is 0 Å². The quantitative estimate of drug-likeness (QED) is 0.791. The lowest BCUT2D eigenvalue weighted by molar-refractivity contribution is -0.131. The molecule has 0 aliphatic heterocycles. The fourth-order valence-electron chi connectivity index (χ4n) is 2.06. The molecule has 2 N–H and O–H groups in total. The van der Waals surface area contributed by atoms with E-state index in [9.17, 15) is 4.79 Å². The molecule has 0 amide bonds. The van der Waals surface area contributed by atoms with Gasteiger partial charge in [0.05, 0.1) is 6.04 Å². The van der Waals surface area contributed by atoms with Crippen molar-refractivity contribution < 1.29 is 9.90 Å². The van der Waals surface area contributed by atoms with Crippen molar-refractivity contribution in [1.29, 1.82) is 0 Å². The number of carboxylic acids is 1. The maximum Gasteiger partial charge on any atom is 0.328 e. The molecule has 102 valence electrons. The summed E-state index contributed by atoms with van der Waals surface area (Å²) in [4.78, 5) is 10.5. The molecule has 0 saturated carbocycles. The fraction of sp³-hybridized carbons (Fsp3) is 0.118. The standard InChI is InChI=1S/C17H17NO2/c19-16(20)12-7-13-18-17(14-8-3-1-4-9-14)15-10-5-2-6-11-15/h1-12,17-18H,13H2,(H,19,20)/b12-7+. The minimum atomic E-state index is -0.928. The Labute approximate surface area is 118 Å². The van der Waals surface area contributed by atoms with E-state index in [0.29, 0.717) is 6.54 Å². The van der Waals surface area contributed by atoms with Crippen LogP contribution in [0.1, 0.15) is 17.2 Å². The van der Waals surface area contributed by atoms with Crippen molar-refractivity contribution in [2.45, 2.75) is 6.04 Å². The van der Waals surface area contributed by atoms with Gasteiger partial charge >= 0.3 is 5.97 Å². The molecule has 0 spiro atoms. The Morgan fingerprint density at radius 1 is 1.00 bits per heavy atom. The van der Waals surface area contributed by atoms with Gasteiger partial charge < -0.3 is 10.4 Å². The van der Waals surface area contributed by atoms with Crippen LogP contribution < -0.4 is 5.32 Å². The van der Waals surface area contributed by atoms with Gasteiger partial charge in [-0.2, -0.15) is 0 Å². The Kier molecular flexibility index (Phi) is 5.09. The first kappa shape index (κ1) is 14.0. The highest BCUT2D eigenvalue weighted by atomic mass is 16.4. The van der Waals surface area contributed by atoms with Crippen LogP contribution in [0, 0.1) is 0 Å². The van der Waals surface area contributed by atoms with E-state index in [0.717, 1.165) is 17.2 Å². The predicted octanol–water partition coefficient (Wildman–Crippen LogP) is 3.01. The monoisotopic (exact) mass is 267 g/mol. The molecule has 0 fully saturated rings. The van der Waals surface area contributed by atoms with Crippen molar-refractivity contribution in [3.8, 4) is 0 Å². The maximum atomic E-state index is 10.5. The SMILES string of the molecule is O=C(O)/C=C/CNC(c1ccccc1)c1ccccc1. The molecular weight excluding hydrogens is 250 g/mol. The molecule has 2 aromatic rings. The predicted molar refractivity (Wildman–Crippen MR) is 79.5 cm³/mol. The summed E-state index contributed by atoms with van der Waals surface area (Å²) in [6.07, 6.45) is 2.77. The molecule has 0 saturated heterocycles. The summed E-state index contributed by atoms with van der Waals surface area (Å²) >= 11 is 0. The molecule has 0 heterocycles. The lowest BCUT2D eigenvalue weighted by Gasteiger charge is -2.19. The van der Waals surface area contributed by atoms with E-state index in [4.69, 9.17) is 5.11 Å². The van der Waals surface area contributed by atoms with Crippen molar-refractivity contribution in [2.75, 3.05) is 6.54 Å². The molecule has 20 heavy (non-hydrogen) atoms. The van der Waals surface area contributed by atoms with Crippen molar-refractivity contribution in [3.63, 3.8) is 0 Å². The molecule has 0 aliphatic rings. The molecule has 0 radical (unpaired) electrons. The summed E-state index contributed by atoms with van der Waals surface area (Å²) in [5, 5.41) is 12.0. The van der Waals surface area contributed by atoms with Gasteiger partial charge in [0.25, 0.3) is 0 Å². The molecule has 3 nitrogen and oxygen atoms in total. The highest BCUT2D eigenvalue weighted by Gasteiger charge is 2.11. The van der Waals surface area contributed by atoms with Crippen LogP contribution in [-0.4, -0.2) is 17.6 Å². The van der Waals surface area contributed by atoms with E-state index in [1.807, 2.05) is 36.4 Å². The van der Waals surface area contributed by atoms with E-state index < -0.39 is 5.97 Å². The summed E-state index contributed by atoms with van der Waals surface area (Å²) in [5.41, 5.74) is 2.31. The van der Waals surface area contributed by atoms with Gasteiger partial charge in [0, 0.05) is 12.6 Å². The minimum absolute atomic E-state index is 0.0517. The number of nitrogens with one attached hydrogen (secondary N) is 1. The summed E-state index contributed by atoms with van der Waals surface area (Å²) in [7, 11) is 0. The normalized spacial score (nSPS) is 11.1. The zero-order chi connectivity index (χ0) is 14.2. The van der Waals surface area contributed by atoms with Crippen molar-refractivity contribution in [1.82, 2.24) is 5.32 Å². The van der Waals surface area contributed by atoms with Gasteiger partial charge in [-0.3, -0.25) is 0 Å². The topological polar surface area (TPSA) is 49.3 Å². The van der Waals surface area contributed by atoms with Gasteiger partial charge in [0.1, 0.15) is 0 Å². The molecule has 3 heteroatoms. The summed E-state index contributed by atoms with van der Waals surface area (Å²) in [6, 6.07) is 20.3. The van der Waals surface area contributed by atoms with Crippen LogP contribution in [0.3, 0.4) is 0 Å². The average Bonchev–Trinajstić information content (AvgIpc) is 2.49. The van der Waals surface area contributed by atoms with E-state index in [-0.39, 0.29) is 6.04 Å². The number of carboxylic acid groups (broad SMARTS) is 1. The molecule has 0 aromatic heterocycles. The van der Waals surface area contributed by atoms with Gasteiger partial charge in [-0.1, -0.05) is 66.7 Å². The first-order valence-corrected chi connectivity index (χ1v) is 6.50. The third-order valence-electron chi connectivity index (χ3n) is 2.97. The first-order chi connectivity index (χ1) is 9.77. The second-order valence-corrected chi connectivity index (χ2v) is 4.40. The van der Waals surface area contributed by atoms with E-state index in [1.54, 1.807) is 6.08 Å². The Bertz CT molecular complexity index is 525. The Morgan fingerprint density at radius 3 is 1.95 bits per heavy atom. The second kappa shape index (κ2) is 7.26. The molecule has 0 bridgehead atoms. The van der Waals surface area contributed by atoms with Gasteiger partial charge in [-0.15, -0.1) is 0 Å². The summed E-state index contributed by atoms with van der Waals surface area (Å²) < 4.78 is 0. The first-order valence-electron chi connectivity index (χ1n) is 6.50. The van der Waals surface area contributed by atoms with Crippen molar-refractivity contribution in [2.24, 2.45) is 0 Å². The maximum absolute atomic E-state index is 10.5. The van der Waals surface area contributed by atoms with Crippen LogP contribution in [0.15, 0.2) is 72.8 Å². The smallest absolute Gasteiger partial charge is 0.328 e. The third kappa shape index (κ3) is 4.07. The zero-order valence-corrected chi connectivity index (χ0v) is 11.1. The molecule has 0 unspecified atom stereocenters. The fourth-order valence-corrected chi connectivity index (χ4v) is 2.06. The number of rotatable bonds is 6. The number of aliphatic carboxylic acids is 1. The number of carbonyl (C=O) groups is 1. The van der Waals surface area contributed by atoms with Gasteiger partial charge in [-0.25, -0.2) is 4.79 Å². The number of benzene rings is 2. The highest BCUT2D eigenvalue weighted by molar-refractivity contribution is 5.79. The lowest BCUT2D eigenvalue weighted by atomic mass is 9.99. The van der Waals surface area contributed by atoms with Crippen LogP contribution in [0.4, 0.5) is 0 Å². The van der Waals surface area contributed by atoms with Gasteiger partial charge in [0.15, 0.2) is 0 Å². The number of hydrogen-bond acceptors (Lipinski definition) is 2. The summed E-state index contributed by atoms with van der Waals surface area (Å²) in [5.74, 6) is -0.928. The molecular formula is C17H17NO2. The largest absolute Gasteiger partial charge is 0.478 e. The van der Waals surface area contributed by atoms with E-state index in [2.05, 4.69) is 29.6 Å². The van der Waals surface area contributed by atoms with Crippen molar-refractivity contribution >= 4 is 5.97 Å². The molecule has 0 aliphatic carbocycles. The second-order valence-electron chi connectivity index (χ2n) is 4.40. The van der Waals surface area contributed by atoms with E-state index >= 15 is 0 Å². The van der Waals surface area contributed by atoms with Crippen molar-refractivity contribution in [3.05, 3.63) is 83.9 Å². The highest BCUT2D eigenvalue weighted by Crippen LogP contribution is 2.21. The zero-order valence-electron chi connectivity index (χ0n) is 11.1. The van der Waals surface area contributed by atoms with Gasteiger partial charge in [-0.05, 0) is 11.1 Å². The molecule has 2 rings (SSSR count). The third-order valence-corrected chi connectivity index (χ3v) is 2.97. The summed E-state index contributed by atoms with van der Waals surface area (Å²) in [6.45, 7) is 0.501.